The SMILES string of the molecule is C=C(S/C(Cl)=C\C)S(=O)(=O)NC(=O)Nc1ccc(-n2ccc3cc(C)ccc3c2=O)c(C)c1. The molecule has 2 amide bonds. The molecule has 1 heterocycles. The average Bonchev–Trinajstić information content (AvgIpc) is 2.74. The highest BCUT2D eigenvalue weighted by atomic mass is 35.5. The number of hydrogen-bond donors (Lipinski definition) is 2. The van der Waals surface area contributed by atoms with Gasteiger partial charge in [0.1, 0.15) is 4.24 Å². The molecule has 0 fully saturated rings. The number of sulfonamides is 1. The zero-order valence-electron chi connectivity index (χ0n) is 18.2. The second-order valence-electron chi connectivity index (χ2n) is 7.21. The highest BCUT2D eigenvalue weighted by molar-refractivity contribution is 8.21. The van der Waals surface area contributed by atoms with Crippen LogP contribution in [0, 0.1) is 13.8 Å². The van der Waals surface area contributed by atoms with Crippen LogP contribution in [0.15, 0.2) is 74.7 Å². The minimum absolute atomic E-state index is 0.157. The van der Waals surface area contributed by atoms with Gasteiger partial charge < -0.3 is 5.32 Å². The molecule has 0 bridgehead atoms. The van der Waals surface area contributed by atoms with E-state index >= 15 is 0 Å². The molecule has 3 aromatic rings. The number of thioether (sulfide) groups is 1. The third-order valence-corrected chi connectivity index (χ3v) is 7.81. The number of amides is 2. The fourth-order valence-electron chi connectivity index (χ4n) is 3.12. The number of aromatic nitrogens is 1. The van der Waals surface area contributed by atoms with Gasteiger partial charge in [0.25, 0.3) is 15.6 Å². The molecule has 7 nitrogen and oxygen atoms in total. The maximum atomic E-state index is 13.0. The third kappa shape index (κ3) is 5.68. The minimum Gasteiger partial charge on any atom is -0.307 e. The van der Waals surface area contributed by atoms with Crippen LogP contribution in [-0.2, 0) is 10.0 Å². The fourth-order valence-corrected chi connectivity index (χ4v) is 5.11. The summed E-state index contributed by atoms with van der Waals surface area (Å²) in [4.78, 5) is 25.2. The van der Waals surface area contributed by atoms with Crippen LogP contribution in [0.4, 0.5) is 10.5 Å². The molecule has 0 aliphatic heterocycles. The zero-order chi connectivity index (χ0) is 24.3. The first-order valence-electron chi connectivity index (χ1n) is 9.77. The predicted octanol–water partition coefficient (Wildman–Crippen LogP) is 5.36. The van der Waals surface area contributed by atoms with E-state index in [1.54, 1.807) is 44.3 Å². The summed E-state index contributed by atoms with van der Waals surface area (Å²) in [6, 6.07) is 11.5. The lowest BCUT2D eigenvalue weighted by molar-refractivity contribution is 0.256. The first-order valence-corrected chi connectivity index (χ1v) is 12.4. The zero-order valence-corrected chi connectivity index (χ0v) is 20.6. The van der Waals surface area contributed by atoms with Gasteiger partial charge in [0, 0.05) is 17.3 Å². The lowest BCUT2D eigenvalue weighted by Crippen LogP contribution is -2.34. The van der Waals surface area contributed by atoms with Crippen molar-refractivity contribution in [2.24, 2.45) is 0 Å². The van der Waals surface area contributed by atoms with Crippen molar-refractivity contribution in [1.82, 2.24) is 9.29 Å². The van der Waals surface area contributed by atoms with E-state index in [-0.39, 0.29) is 14.2 Å². The van der Waals surface area contributed by atoms with Crippen molar-refractivity contribution in [3.63, 3.8) is 0 Å². The number of carbonyl (C=O) groups excluding carboxylic acids is 1. The molecule has 0 unspecified atom stereocenters. The lowest BCUT2D eigenvalue weighted by Gasteiger charge is -2.13. The van der Waals surface area contributed by atoms with E-state index in [2.05, 4.69) is 11.9 Å². The molecule has 0 aliphatic carbocycles. The number of halogens is 1. The molecule has 0 saturated heterocycles. The topological polar surface area (TPSA) is 97.3 Å². The number of nitrogens with zero attached hydrogens (tertiary/aromatic N) is 1. The maximum absolute atomic E-state index is 13.0. The number of benzene rings is 2. The van der Waals surface area contributed by atoms with E-state index in [0.29, 0.717) is 22.3 Å². The van der Waals surface area contributed by atoms with E-state index in [1.807, 2.05) is 29.8 Å². The van der Waals surface area contributed by atoms with Crippen LogP contribution < -0.4 is 15.6 Å². The number of pyridine rings is 1. The molecule has 1 aromatic heterocycles. The van der Waals surface area contributed by atoms with Gasteiger partial charge in [-0.15, -0.1) is 0 Å². The molecule has 172 valence electrons. The van der Waals surface area contributed by atoms with E-state index in [9.17, 15) is 18.0 Å². The van der Waals surface area contributed by atoms with Crippen molar-refractivity contribution >= 4 is 55.9 Å². The summed E-state index contributed by atoms with van der Waals surface area (Å²) in [5.41, 5.74) is 2.63. The van der Waals surface area contributed by atoms with Gasteiger partial charge in [-0.25, -0.2) is 17.9 Å². The summed E-state index contributed by atoms with van der Waals surface area (Å²) < 4.78 is 27.8. The van der Waals surface area contributed by atoms with Crippen molar-refractivity contribution in [1.29, 1.82) is 0 Å². The molecular weight excluding hydrogens is 482 g/mol. The molecule has 0 aliphatic rings. The Labute approximate surface area is 201 Å². The largest absolute Gasteiger partial charge is 0.333 e. The normalized spacial score (nSPS) is 11.9. The first kappa shape index (κ1) is 24.6. The van der Waals surface area contributed by atoms with Crippen molar-refractivity contribution in [3.8, 4) is 5.69 Å². The Hall–Kier alpha value is -3.01. The van der Waals surface area contributed by atoms with Crippen LogP contribution in [0.2, 0.25) is 0 Å². The summed E-state index contributed by atoms with van der Waals surface area (Å²) >= 11 is 6.54. The summed E-state index contributed by atoms with van der Waals surface area (Å²) in [5, 5.41) is 3.94. The molecule has 0 saturated carbocycles. The Morgan fingerprint density at radius 3 is 2.55 bits per heavy atom. The standard InChI is InChI=1S/C23H22ClN3O4S2/c1-5-21(24)32-16(4)33(30,31)26-23(29)25-18-7-9-20(15(3)13-18)27-11-10-17-12-14(2)6-8-19(17)22(27)28/h5-13H,4H2,1-3H3,(H2,25,26,29)/b21-5-. The number of fused-ring (bicyclic) bond motifs is 1. The quantitative estimate of drug-likeness (QED) is 0.471. The van der Waals surface area contributed by atoms with E-state index < -0.39 is 16.1 Å². The summed E-state index contributed by atoms with van der Waals surface area (Å²) in [6.45, 7) is 8.85. The number of aryl methyl sites for hydroxylation is 2. The van der Waals surface area contributed by atoms with Crippen LogP contribution in [0.25, 0.3) is 16.5 Å². The number of nitrogens with one attached hydrogen (secondary N) is 2. The number of anilines is 1. The third-order valence-electron chi connectivity index (χ3n) is 4.74. The molecule has 0 spiro atoms. The lowest BCUT2D eigenvalue weighted by atomic mass is 10.1. The van der Waals surface area contributed by atoms with Crippen LogP contribution in [0.5, 0.6) is 0 Å². The number of hydrogen-bond acceptors (Lipinski definition) is 5. The van der Waals surface area contributed by atoms with Gasteiger partial charge in [-0.1, -0.05) is 53.7 Å². The molecule has 0 radical (unpaired) electrons. The van der Waals surface area contributed by atoms with Gasteiger partial charge in [0.15, 0.2) is 0 Å². The second-order valence-corrected chi connectivity index (χ2v) is 10.9. The van der Waals surface area contributed by atoms with Gasteiger partial charge in [-0.3, -0.25) is 9.36 Å². The van der Waals surface area contributed by atoms with Crippen molar-refractivity contribution < 1.29 is 13.2 Å². The van der Waals surface area contributed by atoms with Gasteiger partial charge >= 0.3 is 6.03 Å². The molecular formula is C23H22ClN3O4S2. The second kappa shape index (κ2) is 9.86. The Bertz CT molecular complexity index is 1460. The molecule has 10 heteroatoms. The first-order chi connectivity index (χ1) is 15.5. The number of urea groups is 1. The Kier molecular flexibility index (Phi) is 7.36. The summed E-state index contributed by atoms with van der Waals surface area (Å²) in [5.74, 6) is 0. The van der Waals surface area contributed by atoms with Gasteiger partial charge in [0.05, 0.1) is 10.1 Å². The van der Waals surface area contributed by atoms with Crippen LogP contribution in [-0.4, -0.2) is 19.0 Å². The Morgan fingerprint density at radius 1 is 1.15 bits per heavy atom. The van der Waals surface area contributed by atoms with E-state index in [4.69, 9.17) is 11.6 Å². The van der Waals surface area contributed by atoms with Crippen molar-refractivity contribution in [2.75, 3.05) is 5.32 Å². The molecule has 2 aromatic carbocycles. The van der Waals surface area contributed by atoms with E-state index in [1.165, 1.54) is 10.6 Å². The molecule has 3 rings (SSSR count). The van der Waals surface area contributed by atoms with Gasteiger partial charge in [0.2, 0.25) is 0 Å². The highest BCUT2D eigenvalue weighted by Crippen LogP contribution is 2.30. The van der Waals surface area contributed by atoms with Gasteiger partial charge in [-0.2, -0.15) is 0 Å². The number of carbonyl (C=O) groups is 1. The smallest absolute Gasteiger partial charge is 0.307 e. The van der Waals surface area contributed by atoms with Crippen LogP contribution in [0.3, 0.4) is 0 Å². The fraction of sp³-hybridized carbons (Fsp3) is 0.130. The molecule has 33 heavy (non-hydrogen) atoms. The average molecular weight is 504 g/mol. The van der Waals surface area contributed by atoms with Crippen molar-refractivity contribution in [3.05, 3.63) is 91.4 Å². The van der Waals surface area contributed by atoms with Crippen LogP contribution >= 0.6 is 23.4 Å². The van der Waals surface area contributed by atoms with Crippen molar-refractivity contribution in [2.45, 2.75) is 20.8 Å². The van der Waals surface area contributed by atoms with Crippen LogP contribution in [0.1, 0.15) is 18.1 Å². The Balaban J connectivity index is 1.80. The summed E-state index contributed by atoms with van der Waals surface area (Å²) in [7, 11) is -4.14. The molecule has 0 atom stereocenters. The highest BCUT2D eigenvalue weighted by Gasteiger charge is 2.20. The Morgan fingerprint density at radius 2 is 1.88 bits per heavy atom. The number of allylic oxidation sites excluding steroid dienone is 1. The monoisotopic (exact) mass is 503 g/mol. The maximum Gasteiger partial charge on any atom is 0.333 e. The predicted molar refractivity (Wildman–Crippen MR) is 136 cm³/mol. The van der Waals surface area contributed by atoms with Gasteiger partial charge in [-0.05, 0) is 62.1 Å². The molecule has 2 N–H and O–H groups in total. The minimum atomic E-state index is -4.14. The number of rotatable bonds is 6. The van der Waals surface area contributed by atoms with E-state index in [0.717, 1.165) is 22.7 Å². The summed E-state index contributed by atoms with van der Waals surface area (Å²) in [6.07, 6.45) is 3.22.